The highest BCUT2D eigenvalue weighted by Crippen LogP contribution is 2.30. The van der Waals surface area contributed by atoms with Crippen molar-refractivity contribution < 1.29 is 18.9 Å². The number of rotatable bonds is 3. The van der Waals surface area contributed by atoms with E-state index in [4.69, 9.17) is 18.9 Å². The summed E-state index contributed by atoms with van der Waals surface area (Å²) in [4.78, 5) is 0. The second kappa shape index (κ2) is 6.14. The minimum Gasteiger partial charge on any atom is -0.356 e. The summed E-state index contributed by atoms with van der Waals surface area (Å²) in [5.74, 6) is 0.439. The summed E-state index contributed by atoms with van der Waals surface area (Å²) < 4.78 is 22.7. The minimum atomic E-state index is -0.0906. The van der Waals surface area contributed by atoms with Crippen molar-refractivity contribution >= 4 is 0 Å². The summed E-state index contributed by atoms with van der Waals surface area (Å²) in [7, 11) is 1.69. The van der Waals surface area contributed by atoms with Crippen molar-refractivity contribution in [3.63, 3.8) is 0 Å². The lowest BCUT2D eigenvalue weighted by Crippen LogP contribution is -2.46. The first-order chi connectivity index (χ1) is 8.20. The van der Waals surface area contributed by atoms with Crippen molar-refractivity contribution in [3.05, 3.63) is 0 Å². The van der Waals surface area contributed by atoms with E-state index in [1.165, 1.54) is 6.42 Å². The first-order valence-electron chi connectivity index (χ1n) is 6.66. The van der Waals surface area contributed by atoms with E-state index in [1.54, 1.807) is 7.11 Å². The van der Waals surface area contributed by atoms with Crippen molar-refractivity contribution in [1.29, 1.82) is 0 Å². The average molecular weight is 244 g/mol. The third-order valence-corrected chi connectivity index (χ3v) is 3.66. The molecule has 0 aliphatic carbocycles. The normalized spacial score (nSPS) is 43.6. The van der Waals surface area contributed by atoms with Gasteiger partial charge in [0.2, 0.25) is 0 Å². The van der Waals surface area contributed by atoms with Crippen LogP contribution >= 0.6 is 0 Å². The van der Waals surface area contributed by atoms with Crippen molar-refractivity contribution in [2.24, 2.45) is 5.92 Å². The molecule has 100 valence electrons. The molecule has 4 heteroatoms. The lowest BCUT2D eigenvalue weighted by molar-refractivity contribution is -0.274. The Morgan fingerprint density at radius 2 is 1.94 bits per heavy atom. The average Bonchev–Trinajstić information content (AvgIpc) is 2.35. The monoisotopic (exact) mass is 244 g/mol. The molecule has 2 aliphatic heterocycles. The molecule has 0 saturated carbocycles. The Kier molecular flexibility index (Phi) is 4.79. The Bertz CT molecular complexity index is 215. The second-order valence-corrected chi connectivity index (χ2v) is 5.12. The van der Waals surface area contributed by atoms with Gasteiger partial charge in [-0.2, -0.15) is 0 Å². The molecule has 0 aromatic rings. The Morgan fingerprint density at radius 3 is 2.53 bits per heavy atom. The van der Waals surface area contributed by atoms with Crippen LogP contribution in [0.25, 0.3) is 0 Å². The maximum atomic E-state index is 6.05. The summed E-state index contributed by atoms with van der Waals surface area (Å²) in [6, 6.07) is 0. The largest absolute Gasteiger partial charge is 0.356 e. The van der Waals surface area contributed by atoms with E-state index in [2.05, 4.69) is 13.8 Å². The highest BCUT2D eigenvalue weighted by Gasteiger charge is 2.36. The molecule has 2 rings (SSSR count). The molecule has 2 aliphatic rings. The third-order valence-electron chi connectivity index (χ3n) is 3.66. The van der Waals surface area contributed by atoms with E-state index in [9.17, 15) is 0 Å². The van der Waals surface area contributed by atoms with Crippen LogP contribution in [0.15, 0.2) is 0 Å². The topological polar surface area (TPSA) is 36.9 Å². The molecular formula is C13H24O4. The SMILES string of the molecule is COC1CC(C)C(OC2CCCCO2)C(C)O1. The maximum absolute atomic E-state index is 6.05. The zero-order chi connectivity index (χ0) is 12.3. The minimum absolute atomic E-state index is 0.0404. The molecule has 2 fully saturated rings. The molecule has 2 heterocycles. The van der Waals surface area contributed by atoms with E-state index in [-0.39, 0.29) is 24.8 Å². The summed E-state index contributed by atoms with van der Waals surface area (Å²) in [5.41, 5.74) is 0. The highest BCUT2D eigenvalue weighted by atomic mass is 16.7. The van der Waals surface area contributed by atoms with E-state index in [1.807, 2.05) is 0 Å². The number of hydrogen-bond donors (Lipinski definition) is 0. The van der Waals surface area contributed by atoms with E-state index in [0.717, 1.165) is 25.9 Å². The first-order valence-corrected chi connectivity index (χ1v) is 6.66. The quantitative estimate of drug-likeness (QED) is 0.763. The fraction of sp³-hybridized carbons (Fsp3) is 1.00. The molecule has 17 heavy (non-hydrogen) atoms. The molecule has 0 spiro atoms. The van der Waals surface area contributed by atoms with Crippen molar-refractivity contribution in [3.8, 4) is 0 Å². The van der Waals surface area contributed by atoms with Crippen LogP contribution in [0, 0.1) is 5.92 Å². The van der Waals surface area contributed by atoms with Crippen molar-refractivity contribution in [2.45, 2.75) is 64.3 Å². The molecule has 0 aromatic heterocycles. The molecule has 0 amide bonds. The van der Waals surface area contributed by atoms with Gasteiger partial charge in [-0.3, -0.25) is 0 Å². The van der Waals surface area contributed by atoms with Crippen molar-refractivity contribution in [2.75, 3.05) is 13.7 Å². The van der Waals surface area contributed by atoms with E-state index >= 15 is 0 Å². The maximum Gasteiger partial charge on any atom is 0.158 e. The van der Waals surface area contributed by atoms with E-state index in [0.29, 0.717) is 5.92 Å². The van der Waals surface area contributed by atoms with Crippen LogP contribution in [0.4, 0.5) is 0 Å². The van der Waals surface area contributed by atoms with Gasteiger partial charge in [0.05, 0.1) is 12.2 Å². The molecule has 4 nitrogen and oxygen atoms in total. The predicted molar refractivity (Wildman–Crippen MR) is 63.6 cm³/mol. The second-order valence-electron chi connectivity index (χ2n) is 5.12. The fourth-order valence-corrected chi connectivity index (χ4v) is 2.66. The standard InChI is InChI=1S/C13H24O4/c1-9-8-12(14-3)16-10(2)13(9)17-11-6-4-5-7-15-11/h9-13H,4-8H2,1-3H3. The molecule has 0 bridgehead atoms. The third kappa shape index (κ3) is 3.41. The van der Waals surface area contributed by atoms with Crippen LogP contribution in [0.3, 0.4) is 0 Å². The summed E-state index contributed by atoms with van der Waals surface area (Å²) in [6.07, 6.45) is 4.29. The number of hydrogen-bond acceptors (Lipinski definition) is 4. The van der Waals surface area contributed by atoms with Gasteiger partial charge in [0, 0.05) is 20.1 Å². The van der Waals surface area contributed by atoms with Crippen molar-refractivity contribution in [1.82, 2.24) is 0 Å². The van der Waals surface area contributed by atoms with Crippen LogP contribution in [-0.2, 0) is 18.9 Å². The number of methoxy groups -OCH3 is 1. The van der Waals surface area contributed by atoms with Gasteiger partial charge in [-0.05, 0) is 32.1 Å². The van der Waals surface area contributed by atoms with Gasteiger partial charge in [0.25, 0.3) is 0 Å². The van der Waals surface area contributed by atoms with Gasteiger partial charge >= 0.3 is 0 Å². The molecule has 0 radical (unpaired) electrons. The van der Waals surface area contributed by atoms with Gasteiger partial charge < -0.3 is 18.9 Å². The lowest BCUT2D eigenvalue weighted by Gasteiger charge is -2.40. The molecule has 5 atom stereocenters. The van der Waals surface area contributed by atoms with Gasteiger partial charge in [-0.15, -0.1) is 0 Å². The molecule has 2 saturated heterocycles. The Balaban J connectivity index is 1.86. The Labute approximate surface area is 104 Å². The highest BCUT2D eigenvalue weighted by molar-refractivity contribution is 4.80. The Morgan fingerprint density at radius 1 is 1.12 bits per heavy atom. The Hall–Kier alpha value is -0.160. The van der Waals surface area contributed by atoms with Crippen LogP contribution < -0.4 is 0 Å². The van der Waals surface area contributed by atoms with Gasteiger partial charge in [-0.25, -0.2) is 0 Å². The zero-order valence-corrected chi connectivity index (χ0v) is 11.1. The van der Waals surface area contributed by atoms with Gasteiger partial charge in [0.15, 0.2) is 12.6 Å². The predicted octanol–water partition coefficient (Wildman–Crippen LogP) is 2.32. The molecule has 5 unspecified atom stereocenters. The van der Waals surface area contributed by atoms with Gasteiger partial charge in [0.1, 0.15) is 0 Å². The molecule has 0 aromatic carbocycles. The van der Waals surface area contributed by atoms with Crippen LogP contribution in [-0.4, -0.2) is 38.5 Å². The smallest absolute Gasteiger partial charge is 0.158 e. The van der Waals surface area contributed by atoms with Crippen LogP contribution in [0.5, 0.6) is 0 Å². The molecular weight excluding hydrogens is 220 g/mol. The summed E-state index contributed by atoms with van der Waals surface area (Å²) >= 11 is 0. The zero-order valence-electron chi connectivity index (χ0n) is 11.1. The fourth-order valence-electron chi connectivity index (χ4n) is 2.66. The van der Waals surface area contributed by atoms with Crippen LogP contribution in [0.2, 0.25) is 0 Å². The summed E-state index contributed by atoms with van der Waals surface area (Å²) in [6.45, 7) is 5.06. The molecule has 0 N–H and O–H groups in total. The first kappa shape index (κ1) is 13.3. The van der Waals surface area contributed by atoms with Crippen LogP contribution in [0.1, 0.15) is 39.5 Å². The summed E-state index contributed by atoms with van der Waals surface area (Å²) in [5, 5.41) is 0. The van der Waals surface area contributed by atoms with E-state index < -0.39 is 0 Å². The number of ether oxygens (including phenoxy) is 4. The lowest BCUT2D eigenvalue weighted by atomic mass is 9.93. The van der Waals surface area contributed by atoms with Gasteiger partial charge in [-0.1, -0.05) is 6.92 Å².